The number of rotatable bonds is 7. The summed E-state index contributed by atoms with van der Waals surface area (Å²) in [6, 6.07) is 6.92. The van der Waals surface area contributed by atoms with E-state index in [1.165, 1.54) is 0 Å². The maximum atomic E-state index is 12.4. The van der Waals surface area contributed by atoms with E-state index >= 15 is 0 Å². The average molecular weight is 351 g/mol. The van der Waals surface area contributed by atoms with Crippen LogP contribution < -0.4 is 14.9 Å². The minimum Gasteiger partial charge on any atom is -0.487 e. The van der Waals surface area contributed by atoms with Crippen molar-refractivity contribution in [3.8, 4) is 17.6 Å². The van der Waals surface area contributed by atoms with E-state index in [1.54, 1.807) is 18.2 Å². The second kappa shape index (κ2) is 7.60. The van der Waals surface area contributed by atoms with Crippen molar-refractivity contribution in [2.45, 2.75) is 45.0 Å². The van der Waals surface area contributed by atoms with Gasteiger partial charge in [-0.1, -0.05) is 6.07 Å². The first kappa shape index (κ1) is 19.5. The van der Waals surface area contributed by atoms with Crippen molar-refractivity contribution in [2.24, 2.45) is 0 Å². The molecule has 1 saturated heterocycles. The van der Waals surface area contributed by atoms with Crippen LogP contribution in [0.15, 0.2) is 18.2 Å². The zero-order chi connectivity index (χ0) is 18.7. The molecule has 1 fully saturated rings. The Morgan fingerprint density at radius 3 is 2.40 bits per heavy atom. The molecule has 0 aromatic heterocycles. The number of aliphatic hydroxyl groups is 1. The average Bonchev–Trinajstić information content (AvgIpc) is 2.78. The molecule has 1 unspecified atom stereocenters. The molecule has 8 heteroatoms. The van der Waals surface area contributed by atoms with Crippen molar-refractivity contribution < 1.29 is 28.3 Å². The molecule has 1 heterocycles. The molecule has 1 aliphatic rings. The normalized spacial score (nSPS) is 19.3. The highest BCUT2D eigenvalue weighted by Gasteiger charge is 2.51. The van der Waals surface area contributed by atoms with Crippen molar-refractivity contribution in [1.29, 1.82) is 5.26 Å². The molecule has 0 saturated carbocycles. The summed E-state index contributed by atoms with van der Waals surface area (Å²) < 4.78 is 35.1. The predicted molar refractivity (Wildman–Crippen MR) is 90.7 cm³/mol. The molecule has 6 nitrogen and oxygen atoms in total. The fourth-order valence-corrected chi connectivity index (χ4v) is 2.22. The maximum absolute atomic E-state index is 12.4. The summed E-state index contributed by atoms with van der Waals surface area (Å²) in [6.45, 7) is 6.53. The van der Waals surface area contributed by atoms with Gasteiger partial charge in [0.05, 0.1) is 11.2 Å². The van der Waals surface area contributed by atoms with Crippen LogP contribution in [-0.2, 0) is 9.31 Å². The molecule has 1 aliphatic heterocycles. The molecule has 0 aliphatic carbocycles. The number of alkyl halides is 1. The number of ether oxygens (including phenoxy) is 2. The van der Waals surface area contributed by atoms with E-state index in [4.69, 9.17) is 24.0 Å². The van der Waals surface area contributed by atoms with Gasteiger partial charge in [0, 0.05) is 0 Å². The summed E-state index contributed by atoms with van der Waals surface area (Å²) in [7, 11) is -0.583. The number of nitrogens with zero attached hydrogens (tertiary/aromatic N) is 1. The molecule has 25 heavy (non-hydrogen) atoms. The Balaban J connectivity index is 2.22. The Labute approximate surface area is 147 Å². The summed E-state index contributed by atoms with van der Waals surface area (Å²) in [5.74, 6) is 0.614. The minimum absolute atomic E-state index is 0.172. The number of nitriles is 1. The third-order valence-corrected chi connectivity index (χ3v) is 4.39. The molecule has 1 aromatic carbocycles. The summed E-state index contributed by atoms with van der Waals surface area (Å²) in [4.78, 5) is 0. The van der Waals surface area contributed by atoms with Gasteiger partial charge < -0.3 is 23.9 Å². The number of halogens is 1. The van der Waals surface area contributed by atoms with Gasteiger partial charge in [-0.25, -0.2) is 4.39 Å². The topological polar surface area (TPSA) is 80.9 Å². The third-order valence-electron chi connectivity index (χ3n) is 4.39. The zero-order valence-electron chi connectivity index (χ0n) is 14.9. The fraction of sp³-hybridized carbons (Fsp3) is 0.588. The van der Waals surface area contributed by atoms with Gasteiger partial charge in [0.2, 0.25) is 0 Å². The number of hydrogen-bond donors (Lipinski definition) is 1. The van der Waals surface area contributed by atoms with Crippen LogP contribution in [0.5, 0.6) is 11.5 Å². The molecule has 0 spiro atoms. The van der Waals surface area contributed by atoms with E-state index in [9.17, 15) is 9.50 Å². The predicted octanol–water partition coefficient (Wildman–Crippen LogP) is 1.60. The van der Waals surface area contributed by atoms with Gasteiger partial charge in [-0.2, -0.15) is 5.26 Å². The van der Waals surface area contributed by atoms with Gasteiger partial charge >= 0.3 is 7.12 Å². The van der Waals surface area contributed by atoms with Crippen LogP contribution in [0.2, 0.25) is 0 Å². The van der Waals surface area contributed by atoms with Gasteiger partial charge in [-0.15, -0.1) is 0 Å². The van der Waals surface area contributed by atoms with E-state index < -0.39 is 31.1 Å². The molecule has 0 bridgehead atoms. The summed E-state index contributed by atoms with van der Waals surface area (Å²) in [5, 5.41) is 18.0. The first-order valence-electron chi connectivity index (χ1n) is 8.06. The Morgan fingerprint density at radius 2 is 1.84 bits per heavy atom. The molecular formula is C17H23BFNO5. The highest BCUT2D eigenvalue weighted by molar-refractivity contribution is 6.62. The minimum atomic E-state index is -1.22. The quantitative estimate of drug-likeness (QED) is 0.752. The molecule has 1 atom stereocenters. The molecular weight excluding hydrogens is 328 g/mol. The zero-order valence-corrected chi connectivity index (χ0v) is 14.9. The monoisotopic (exact) mass is 351 g/mol. The lowest BCUT2D eigenvalue weighted by Crippen LogP contribution is -2.41. The van der Waals surface area contributed by atoms with Gasteiger partial charge in [-0.05, 0) is 45.3 Å². The molecule has 0 radical (unpaired) electrons. The van der Waals surface area contributed by atoms with E-state index in [0.29, 0.717) is 17.0 Å². The maximum Gasteiger partial charge on any atom is 0.494 e. The molecule has 136 valence electrons. The van der Waals surface area contributed by atoms with Crippen LogP contribution in [0.3, 0.4) is 0 Å². The smallest absolute Gasteiger partial charge is 0.487 e. The van der Waals surface area contributed by atoms with Crippen molar-refractivity contribution in [3.05, 3.63) is 18.2 Å². The standard InChI is InChI=1S/C17H23BFNO5/c1-16(2)17(3,4)25-18(24-16)12-5-6-14(23-11-13(21)10-19)15(9-12)22-8-7-20/h5-6,9,13,21H,8,10-11H2,1-4H3. The Kier molecular flexibility index (Phi) is 5.93. The summed E-state index contributed by atoms with van der Waals surface area (Å²) in [5.41, 5.74) is -0.248. The van der Waals surface area contributed by atoms with Crippen LogP contribution in [-0.4, -0.2) is 49.4 Å². The van der Waals surface area contributed by atoms with E-state index in [1.807, 2.05) is 33.8 Å². The van der Waals surface area contributed by atoms with Crippen molar-refractivity contribution in [3.63, 3.8) is 0 Å². The van der Waals surface area contributed by atoms with Crippen LogP contribution >= 0.6 is 0 Å². The number of benzene rings is 1. The summed E-state index contributed by atoms with van der Waals surface area (Å²) >= 11 is 0. The lowest BCUT2D eigenvalue weighted by molar-refractivity contribution is 0.00578. The number of hydrogen-bond acceptors (Lipinski definition) is 6. The van der Waals surface area contributed by atoms with Crippen LogP contribution in [0, 0.1) is 11.3 Å². The second-order valence-electron chi connectivity index (χ2n) is 6.86. The Hall–Kier alpha value is -1.82. The van der Waals surface area contributed by atoms with Crippen molar-refractivity contribution >= 4 is 12.6 Å². The SMILES string of the molecule is CC1(C)OB(c2ccc(OCC(O)CF)c(OCC#N)c2)OC1(C)C. The lowest BCUT2D eigenvalue weighted by Gasteiger charge is -2.32. The molecule has 1 aromatic rings. The fourth-order valence-electron chi connectivity index (χ4n) is 2.22. The lowest BCUT2D eigenvalue weighted by atomic mass is 9.79. The second-order valence-corrected chi connectivity index (χ2v) is 6.86. The first-order valence-corrected chi connectivity index (χ1v) is 8.06. The number of aliphatic hydroxyl groups excluding tert-OH is 1. The highest BCUT2D eigenvalue weighted by atomic mass is 19.1. The first-order chi connectivity index (χ1) is 11.7. The van der Waals surface area contributed by atoms with E-state index in [0.717, 1.165) is 0 Å². The molecule has 2 rings (SSSR count). The van der Waals surface area contributed by atoms with Crippen molar-refractivity contribution in [2.75, 3.05) is 19.9 Å². The van der Waals surface area contributed by atoms with E-state index in [-0.39, 0.29) is 13.2 Å². The van der Waals surface area contributed by atoms with Crippen LogP contribution in [0.25, 0.3) is 0 Å². The highest BCUT2D eigenvalue weighted by Crippen LogP contribution is 2.37. The van der Waals surface area contributed by atoms with Gasteiger partial charge in [0.1, 0.15) is 25.5 Å². The largest absolute Gasteiger partial charge is 0.494 e. The van der Waals surface area contributed by atoms with Gasteiger partial charge in [0.25, 0.3) is 0 Å². The molecule has 0 amide bonds. The van der Waals surface area contributed by atoms with E-state index in [2.05, 4.69) is 0 Å². The molecule has 1 N–H and O–H groups in total. The summed E-state index contributed by atoms with van der Waals surface area (Å²) in [6.07, 6.45) is -1.22. The Morgan fingerprint density at radius 1 is 1.20 bits per heavy atom. The third kappa shape index (κ3) is 4.43. The van der Waals surface area contributed by atoms with Crippen LogP contribution in [0.1, 0.15) is 27.7 Å². The van der Waals surface area contributed by atoms with Crippen LogP contribution in [0.4, 0.5) is 4.39 Å². The van der Waals surface area contributed by atoms with Crippen molar-refractivity contribution in [1.82, 2.24) is 0 Å². The van der Waals surface area contributed by atoms with Gasteiger partial charge in [0.15, 0.2) is 18.1 Å². The van der Waals surface area contributed by atoms with Gasteiger partial charge in [-0.3, -0.25) is 0 Å². The Bertz CT molecular complexity index is 630.